The van der Waals surface area contributed by atoms with Crippen LogP contribution in [0.3, 0.4) is 0 Å². The third kappa shape index (κ3) is 3.39. The number of nitrogens with one attached hydrogen (secondary N) is 1. The molecule has 1 fully saturated rings. The number of fused-ring (bicyclic) bond motifs is 1. The normalized spacial score (nSPS) is 22.3. The molecule has 0 bridgehead atoms. The lowest BCUT2D eigenvalue weighted by molar-refractivity contribution is 0.0898. The maximum absolute atomic E-state index is 12.3. The molecule has 21 heavy (non-hydrogen) atoms. The smallest absolute Gasteiger partial charge is 0.251 e. The fraction of sp³-hybridized carbons (Fsp3) is 0.533. The molecule has 112 valence electrons. The second-order valence-corrected chi connectivity index (χ2v) is 6.14. The lowest BCUT2D eigenvalue weighted by atomic mass is 9.86. The molecule has 5 nitrogen and oxygen atoms in total. The van der Waals surface area contributed by atoms with E-state index >= 15 is 0 Å². The summed E-state index contributed by atoms with van der Waals surface area (Å²) in [6.45, 7) is 0.828. The second kappa shape index (κ2) is 6.49. The van der Waals surface area contributed by atoms with E-state index in [0.29, 0.717) is 11.5 Å². The van der Waals surface area contributed by atoms with Crippen LogP contribution in [-0.4, -0.2) is 34.4 Å². The highest BCUT2D eigenvalue weighted by Gasteiger charge is 2.22. The Morgan fingerprint density at radius 3 is 2.81 bits per heavy atom. The van der Waals surface area contributed by atoms with Gasteiger partial charge in [-0.25, -0.2) is 0 Å². The predicted octanol–water partition coefficient (Wildman–Crippen LogP) is 2.63. The summed E-state index contributed by atoms with van der Waals surface area (Å²) >= 11 is 1.17. The van der Waals surface area contributed by atoms with Crippen molar-refractivity contribution in [3.63, 3.8) is 0 Å². The van der Waals surface area contributed by atoms with Gasteiger partial charge in [-0.05, 0) is 49.8 Å². The van der Waals surface area contributed by atoms with Crippen molar-refractivity contribution in [2.45, 2.75) is 31.7 Å². The summed E-state index contributed by atoms with van der Waals surface area (Å²) in [6.07, 6.45) is 4.29. The molecule has 0 unspecified atom stereocenters. The molecular weight excluding hydrogens is 286 g/mol. The zero-order chi connectivity index (χ0) is 14.7. The summed E-state index contributed by atoms with van der Waals surface area (Å²) in [7, 11) is 1.75. The summed E-state index contributed by atoms with van der Waals surface area (Å²) < 4.78 is 13.5. The minimum Gasteiger partial charge on any atom is -0.384 e. The van der Waals surface area contributed by atoms with Crippen LogP contribution in [0.5, 0.6) is 0 Å². The molecular formula is C15H19N3O2S. The molecule has 3 rings (SSSR count). The van der Waals surface area contributed by atoms with Gasteiger partial charge in [0.2, 0.25) is 0 Å². The molecule has 1 N–H and O–H groups in total. The maximum atomic E-state index is 12.3. The average molecular weight is 305 g/mol. The Balaban J connectivity index is 1.59. The Morgan fingerprint density at radius 1 is 1.29 bits per heavy atom. The molecule has 2 aromatic rings. The van der Waals surface area contributed by atoms with Gasteiger partial charge in [0.15, 0.2) is 0 Å². The topological polar surface area (TPSA) is 64.1 Å². The van der Waals surface area contributed by atoms with Crippen molar-refractivity contribution < 1.29 is 9.53 Å². The van der Waals surface area contributed by atoms with Crippen molar-refractivity contribution in [2.75, 3.05) is 13.7 Å². The average Bonchev–Trinajstić information content (AvgIpc) is 2.97. The minimum absolute atomic E-state index is 0.0138. The number of methoxy groups -OCH3 is 1. The van der Waals surface area contributed by atoms with Crippen molar-refractivity contribution >= 4 is 28.7 Å². The van der Waals surface area contributed by atoms with E-state index in [9.17, 15) is 4.79 Å². The number of benzene rings is 1. The maximum Gasteiger partial charge on any atom is 0.251 e. The Hall–Kier alpha value is -1.53. The second-order valence-electron chi connectivity index (χ2n) is 5.61. The summed E-state index contributed by atoms with van der Waals surface area (Å²) in [5.74, 6) is 0.626. The van der Waals surface area contributed by atoms with Crippen molar-refractivity contribution in [2.24, 2.45) is 5.92 Å². The van der Waals surface area contributed by atoms with Crippen LogP contribution in [-0.2, 0) is 4.74 Å². The van der Waals surface area contributed by atoms with E-state index in [2.05, 4.69) is 14.1 Å². The van der Waals surface area contributed by atoms with Crippen LogP contribution in [0, 0.1) is 5.92 Å². The lowest BCUT2D eigenvalue weighted by Gasteiger charge is -2.28. The molecule has 0 radical (unpaired) electrons. The first-order valence-corrected chi connectivity index (χ1v) is 8.01. The quantitative estimate of drug-likeness (QED) is 0.943. The Kier molecular flexibility index (Phi) is 4.45. The molecule has 1 amide bonds. The zero-order valence-electron chi connectivity index (χ0n) is 12.0. The predicted molar refractivity (Wildman–Crippen MR) is 82.5 cm³/mol. The fourth-order valence-electron chi connectivity index (χ4n) is 2.90. The highest BCUT2D eigenvalue weighted by molar-refractivity contribution is 7.00. The largest absolute Gasteiger partial charge is 0.384 e. The van der Waals surface area contributed by atoms with E-state index in [1.807, 2.05) is 18.2 Å². The Labute approximate surface area is 128 Å². The van der Waals surface area contributed by atoms with Crippen LogP contribution in [0.1, 0.15) is 36.0 Å². The summed E-state index contributed by atoms with van der Waals surface area (Å²) in [5.41, 5.74) is 2.29. The lowest BCUT2D eigenvalue weighted by Crippen LogP contribution is -2.38. The van der Waals surface area contributed by atoms with Gasteiger partial charge in [-0.1, -0.05) is 0 Å². The van der Waals surface area contributed by atoms with Crippen LogP contribution >= 0.6 is 11.7 Å². The molecule has 1 aliphatic rings. The van der Waals surface area contributed by atoms with Crippen molar-refractivity contribution in [3.8, 4) is 0 Å². The van der Waals surface area contributed by atoms with E-state index in [1.54, 1.807) is 7.11 Å². The van der Waals surface area contributed by atoms with Crippen LogP contribution in [0.2, 0.25) is 0 Å². The number of ether oxygens (including phenoxy) is 1. The van der Waals surface area contributed by atoms with Crippen LogP contribution in [0.15, 0.2) is 18.2 Å². The molecule has 1 aliphatic carbocycles. The van der Waals surface area contributed by atoms with Gasteiger partial charge in [0.25, 0.3) is 5.91 Å². The molecule has 0 spiro atoms. The van der Waals surface area contributed by atoms with E-state index < -0.39 is 0 Å². The van der Waals surface area contributed by atoms with E-state index in [0.717, 1.165) is 43.3 Å². The van der Waals surface area contributed by atoms with Gasteiger partial charge < -0.3 is 10.1 Å². The highest BCUT2D eigenvalue weighted by Crippen LogP contribution is 2.24. The molecule has 0 aliphatic heterocycles. The molecule has 1 saturated carbocycles. The van der Waals surface area contributed by atoms with Crippen molar-refractivity contribution in [1.82, 2.24) is 14.1 Å². The number of amides is 1. The summed E-state index contributed by atoms with van der Waals surface area (Å²) in [5, 5.41) is 3.13. The Morgan fingerprint density at radius 2 is 2.05 bits per heavy atom. The third-order valence-corrected chi connectivity index (χ3v) is 4.66. The number of rotatable bonds is 4. The van der Waals surface area contributed by atoms with Crippen LogP contribution in [0.4, 0.5) is 0 Å². The van der Waals surface area contributed by atoms with E-state index in [1.165, 1.54) is 11.7 Å². The van der Waals surface area contributed by atoms with Crippen LogP contribution in [0.25, 0.3) is 11.0 Å². The van der Waals surface area contributed by atoms with Crippen molar-refractivity contribution in [3.05, 3.63) is 23.8 Å². The number of carbonyl (C=O) groups excluding carboxylic acids is 1. The number of hydrogen-bond donors (Lipinski definition) is 1. The first-order valence-electron chi connectivity index (χ1n) is 7.28. The first-order chi connectivity index (χ1) is 10.3. The number of carbonyl (C=O) groups is 1. The van der Waals surface area contributed by atoms with Gasteiger partial charge in [0.1, 0.15) is 11.0 Å². The van der Waals surface area contributed by atoms with Gasteiger partial charge in [0, 0.05) is 25.3 Å². The van der Waals surface area contributed by atoms with Gasteiger partial charge in [0.05, 0.1) is 11.7 Å². The molecule has 1 heterocycles. The van der Waals surface area contributed by atoms with Crippen molar-refractivity contribution in [1.29, 1.82) is 0 Å². The summed E-state index contributed by atoms with van der Waals surface area (Å²) in [6, 6.07) is 5.75. The van der Waals surface area contributed by atoms with Gasteiger partial charge in [-0.3, -0.25) is 4.79 Å². The molecule has 6 heteroatoms. The highest BCUT2D eigenvalue weighted by atomic mass is 32.1. The standard InChI is InChI=1S/C15H19N3O2S/c1-20-9-10-2-5-12(6-3-10)16-15(19)11-4-7-13-14(8-11)18-21-17-13/h4,7-8,10,12H,2-3,5-6,9H2,1H3,(H,16,19). The molecule has 1 aromatic carbocycles. The van der Waals surface area contributed by atoms with Crippen LogP contribution < -0.4 is 5.32 Å². The SMILES string of the molecule is COCC1CCC(NC(=O)c2ccc3nsnc3c2)CC1. The summed E-state index contributed by atoms with van der Waals surface area (Å²) in [4.78, 5) is 12.3. The van der Waals surface area contributed by atoms with Gasteiger partial charge in [-0.15, -0.1) is 0 Å². The number of aromatic nitrogens is 2. The number of nitrogens with zero attached hydrogens (tertiary/aromatic N) is 2. The molecule has 0 atom stereocenters. The third-order valence-electron chi connectivity index (χ3n) is 4.10. The van der Waals surface area contributed by atoms with Gasteiger partial charge >= 0.3 is 0 Å². The Bertz CT molecular complexity index is 620. The van der Waals surface area contributed by atoms with E-state index in [4.69, 9.17) is 4.74 Å². The molecule has 0 saturated heterocycles. The molecule has 1 aromatic heterocycles. The number of hydrogen-bond acceptors (Lipinski definition) is 5. The monoisotopic (exact) mass is 305 g/mol. The zero-order valence-corrected chi connectivity index (χ0v) is 12.9. The minimum atomic E-state index is -0.0138. The van der Waals surface area contributed by atoms with Gasteiger partial charge in [-0.2, -0.15) is 8.75 Å². The first kappa shape index (κ1) is 14.4. The fourth-order valence-corrected chi connectivity index (χ4v) is 3.42. The van der Waals surface area contributed by atoms with E-state index in [-0.39, 0.29) is 11.9 Å².